The van der Waals surface area contributed by atoms with Crippen LogP contribution in [0.4, 0.5) is 0 Å². The summed E-state index contributed by atoms with van der Waals surface area (Å²) in [6.07, 6.45) is -1.83. The molecule has 16 heavy (non-hydrogen) atoms. The number of rotatable bonds is 5. The summed E-state index contributed by atoms with van der Waals surface area (Å²) in [7, 11) is 1.18. The number of aliphatic hydroxyl groups excluding tert-OH is 1. The Bertz CT molecular complexity index is 251. The second kappa shape index (κ2) is 7.17. The average molecular weight is 294 g/mol. The van der Waals surface area contributed by atoms with Crippen LogP contribution >= 0.6 is 34.8 Å². The van der Waals surface area contributed by atoms with Crippen molar-refractivity contribution in [2.24, 2.45) is 0 Å². The molecule has 0 aliphatic heterocycles. The second-order valence-corrected chi connectivity index (χ2v) is 5.43. The van der Waals surface area contributed by atoms with Gasteiger partial charge >= 0.3 is 11.9 Å². The SMILES string of the molecule is COC(=O)CC(O)CC(=O)OCC(Cl)(Cl)Cl. The molecular formula is C8H11Cl3O5. The molecule has 0 aliphatic carbocycles. The first-order valence-corrected chi connectivity index (χ1v) is 5.35. The minimum absolute atomic E-state index is 0.292. The molecule has 0 fully saturated rings. The van der Waals surface area contributed by atoms with Gasteiger partial charge in [-0.3, -0.25) is 9.59 Å². The number of carbonyl (C=O) groups is 2. The molecule has 94 valence electrons. The summed E-state index contributed by atoms with van der Waals surface area (Å²) < 4.78 is 7.16. The molecule has 1 atom stereocenters. The fourth-order valence-electron chi connectivity index (χ4n) is 0.762. The minimum Gasteiger partial charge on any atom is -0.469 e. The molecule has 0 aromatic carbocycles. The lowest BCUT2D eigenvalue weighted by atomic mass is 10.2. The van der Waals surface area contributed by atoms with Crippen LogP contribution in [0.25, 0.3) is 0 Å². The van der Waals surface area contributed by atoms with Crippen molar-refractivity contribution in [2.75, 3.05) is 13.7 Å². The van der Waals surface area contributed by atoms with Crippen LogP contribution in [0, 0.1) is 0 Å². The van der Waals surface area contributed by atoms with E-state index in [0.29, 0.717) is 0 Å². The molecule has 0 bridgehead atoms. The molecule has 8 heteroatoms. The molecule has 0 radical (unpaired) electrons. The van der Waals surface area contributed by atoms with Gasteiger partial charge in [-0.25, -0.2) is 0 Å². The Labute approximate surface area is 108 Å². The smallest absolute Gasteiger partial charge is 0.308 e. The Hall–Kier alpha value is -0.230. The summed E-state index contributed by atoms with van der Waals surface area (Å²) in [5.74, 6) is -1.38. The first-order chi connectivity index (χ1) is 7.24. The number of methoxy groups -OCH3 is 1. The summed E-state index contributed by atoms with van der Waals surface area (Å²) >= 11 is 16.0. The highest BCUT2D eigenvalue weighted by Gasteiger charge is 2.23. The lowest BCUT2D eigenvalue weighted by Gasteiger charge is -2.12. The van der Waals surface area contributed by atoms with E-state index < -0.39 is 28.4 Å². The Kier molecular flexibility index (Phi) is 7.06. The van der Waals surface area contributed by atoms with E-state index in [1.165, 1.54) is 7.11 Å². The lowest BCUT2D eigenvalue weighted by Crippen LogP contribution is -2.23. The Balaban J connectivity index is 3.83. The maximum Gasteiger partial charge on any atom is 0.308 e. The summed E-state index contributed by atoms with van der Waals surface area (Å²) in [5.41, 5.74) is 0. The van der Waals surface area contributed by atoms with E-state index in [1.807, 2.05) is 0 Å². The van der Waals surface area contributed by atoms with Crippen molar-refractivity contribution in [1.29, 1.82) is 0 Å². The molecule has 1 unspecified atom stereocenters. The van der Waals surface area contributed by atoms with Gasteiger partial charge in [0.15, 0.2) is 0 Å². The van der Waals surface area contributed by atoms with Crippen LogP contribution in [0.3, 0.4) is 0 Å². The van der Waals surface area contributed by atoms with Crippen molar-refractivity contribution in [2.45, 2.75) is 22.7 Å². The predicted octanol–water partition coefficient (Wildman–Crippen LogP) is 1.21. The van der Waals surface area contributed by atoms with Gasteiger partial charge in [0.1, 0.15) is 6.61 Å². The fraction of sp³-hybridized carbons (Fsp3) is 0.750. The van der Waals surface area contributed by atoms with Gasteiger partial charge in [-0.2, -0.15) is 0 Å². The quantitative estimate of drug-likeness (QED) is 0.609. The van der Waals surface area contributed by atoms with Crippen molar-refractivity contribution < 1.29 is 24.2 Å². The average Bonchev–Trinajstić information content (AvgIpc) is 2.13. The normalized spacial score (nSPS) is 13.1. The van der Waals surface area contributed by atoms with E-state index in [2.05, 4.69) is 9.47 Å². The number of aliphatic hydroxyl groups is 1. The topological polar surface area (TPSA) is 72.8 Å². The van der Waals surface area contributed by atoms with Crippen LogP contribution in [0.15, 0.2) is 0 Å². The van der Waals surface area contributed by atoms with E-state index in [1.54, 1.807) is 0 Å². The molecule has 0 saturated carbocycles. The van der Waals surface area contributed by atoms with Crippen LogP contribution in [0.5, 0.6) is 0 Å². The van der Waals surface area contributed by atoms with E-state index in [0.717, 1.165) is 0 Å². The third-order valence-corrected chi connectivity index (χ3v) is 1.76. The van der Waals surface area contributed by atoms with E-state index in [4.69, 9.17) is 34.8 Å². The van der Waals surface area contributed by atoms with Crippen LogP contribution in [-0.4, -0.2) is 40.7 Å². The molecule has 0 spiro atoms. The first-order valence-electron chi connectivity index (χ1n) is 4.22. The van der Waals surface area contributed by atoms with Gasteiger partial charge < -0.3 is 14.6 Å². The zero-order valence-electron chi connectivity index (χ0n) is 8.41. The Morgan fingerprint density at radius 1 is 1.25 bits per heavy atom. The van der Waals surface area contributed by atoms with Crippen molar-refractivity contribution >= 4 is 46.7 Å². The Morgan fingerprint density at radius 2 is 1.75 bits per heavy atom. The van der Waals surface area contributed by atoms with Crippen molar-refractivity contribution in [3.05, 3.63) is 0 Å². The number of hydrogen-bond donors (Lipinski definition) is 1. The molecule has 5 nitrogen and oxygen atoms in total. The third-order valence-electron chi connectivity index (χ3n) is 1.43. The Morgan fingerprint density at radius 3 is 2.19 bits per heavy atom. The van der Waals surface area contributed by atoms with Crippen LogP contribution in [-0.2, 0) is 19.1 Å². The number of alkyl halides is 3. The maximum atomic E-state index is 11.1. The van der Waals surface area contributed by atoms with E-state index >= 15 is 0 Å². The summed E-state index contributed by atoms with van der Waals surface area (Å²) in [6, 6.07) is 0. The number of esters is 2. The molecule has 1 N–H and O–H groups in total. The van der Waals surface area contributed by atoms with Gasteiger partial charge in [-0.15, -0.1) is 0 Å². The molecule has 0 aliphatic rings. The van der Waals surface area contributed by atoms with E-state index in [9.17, 15) is 14.7 Å². The number of ether oxygens (including phenoxy) is 2. The third kappa shape index (κ3) is 9.03. The van der Waals surface area contributed by atoms with Crippen molar-refractivity contribution in [1.82, 2.24) is 0 Å². The van der Waals surface area contributed by atoms with Gasteiger partial charge in [0.25, 0.3) is 0 Å². The van der Waals surface area contributed by atoms with Crippen molar-refractivity contribution in [3.8, 4) is 0 Å². The van der Waals surface area contributed by atoms with Crippen LogP contribution in [0.1, 0.15) is 12.8 Å². The van der Waals surface area contributed by atoms with E-state index in [-0.39, 0.29) is 12.8 Å². The van der Waals surface area contributed by atoms with Crippen LogP contribution < -0.4 is 0 Å². The second-order valence-electron chi connectivity index (χ2n) is 2.91. The van der Waals surface area contributed by atoms with Crippen LogP contribution in [0.2, 0.25) is 0 Å². The number of hydrogen-bond acceptors (Lipinski definition) is 5. The standard InChI is InChI=1S/C8H11Cl3O5/c1-15-6(13)2-5(12)3-7(14)16-4-8(9,10)11/h5,12H,2-4H2,1H3. The molecule has 0 saturated heterocycles. The fourth-order valence-corrected chi connectivity index (χ4v) is 0.925. The molecule has 0 aromatic heterocycles. The van der Waals surface area contributed by atoms with Gasteiger partial charge in [-0.1, -0.05) is 34.8 Å². The summed E-state index contributed by atoms with van der Waals surface area (Å²) in [5, 5.41) is 9.25. The molecule has 0 heterocycles. The zero-order chi connectivity index (χ0) is 12.8. The summed E-state index contributed by atoms with van der Waals surface area (Å²) in [4.78, 5) is 21.8. The highest BCUT2D eigenvalue weighted by atomic mass is 35.6. The number of carbonyl (C=O) groups excluding carboxylic acids is 2. The predicted molar refractivity (Wildman–Crippen MR) is 58.5 cm³/mol. The summed E-state index contributed by atoms with van der Waals surface area (Å²) in [6.45, 7) is -0.415. The first kappa shape index (κ1) is 15.8. The maximum absolute atomic E-state index is 11.1. The van der Waals surface area contributed by atoms with Gasteiger partial charge in [0, 0.05) is 0 Å². The van der Waals surface area contributed by atoms with Gasteiger partial charge in [0.2, 0.25) is 3.79 Å². The molecule has 0 aromatic rings. The largest absolute Gasteiger partial charge is 0.469 e. The molecule has 0 amide bonds. The molecule has 0 rings (SSSR count). The van der Waals surface area contributed by atoms with Gasteiger partial charge in [0.05, 0.1) is 26.1 Å². The van der Waals surface area contributed by atoms with Gasteiger partial charge in [-0.05, 0) is 0 Å². The molecular weight excluding hydrogens is 282 g/mol. The number of halogens is 3. The highest BCUT2D eigenvalue weighted by Crippen LogP contribution is 2.26. The highest BCUT2D eigenvalue weighted by molar-refractivity contribution is 6.67. The lowest BCUT2D eigenvalue weighted by molar-refractivity contribution is -0.148. The zero-order valence-corrected chi connectivity index (χ0v) is 10.7. The monoisotopic (exact) mass is 292 g/mol. The van der Waals surface area contributed by atoms with Crippen molar-refractivity contribution in [3.63, 3.8) is 0 Å². The minimum atomic E-state index is -1.69.